The van der Waals surface area contributed by atoms with Gasteiger partial charge in [-0.05, 0) is 19.4 Å². The van der Waals surface area contributed by atoms with Crippen LogP contribution >= 0.6 is 0 Å². The van der Waals surface area contributed by atoms with E-state index in [2.05, 4.69) is 10.2 Å². The zero-order valence-electron chi connectivity index (χ0n) is 7.36. The number of nitrogens with zero attached hydrogens (tertiary/aromatic N) is 2. The zero-order valence-corrected chi connectivity index (χ0v) is 7.36. The molecule has 1 amide bonds. The molecule has 0 aliphatic carbocycles. The number of hydrogen-bond donors (Lipinski definition) is 2. The van der Waals surface area contributed by atoms with Gasteiger partial charge < -0.3 is 11.5 Å². The number of unbranched alkanes of at least 4 members (excludes halogenated alkanes) is 1. The second-order valence-corrected chi connectivity index (χ2v) is 2.53. The summed E-state index contributed by atoms with van der Waals surface area (Å²) >= 11 is 0. The summed E-state index contributed by atoms with van der Waals surface area (Å²) in [5.74, 6) is -0.352. The van der Waals surface area contributed by atoms with Crippen LogP contribution in [0.25, 0.3) is 0 Å². The van der Waals surface area contributed by atoms with E-state index >= 15 is 0 Å². The summed E-state index contributed by atoms with van der Waals surface area (Å²) in [4.78, 5) is 10.9. The van der Waals surface area contributed by atoms with E-state index < -0.39 is 6.04 Å². The fourth-order valence-corrected chi connectivity index (χ4v) is 0.805. The quantitative estimate of drug-likeness (QED) is 0.453. The van der Waals surface area contributed by atoms with Crippen molar-refractivity contribution in [1.82, 2.24) is 0 Å². The molecule has 0 aromatic rings. The maximum absolute atomic E-state index is 10.9. The van der Waals surface area contributed by atoms with Crippen molar-refractivity contribution in [1.29, 1.82) is 0 Å². The van der Waals surface area contributed by atoms with Crippen LogP contribution in [0.5, 0.6) is 0 Å². The van der Waals surface area contributed by atoms with Crippen LogP contribution in [0.15, 0.2) is 10.2 Å². The number of hydrogen-bond acceptors (Lipinski definition) is 4. The highest BCUT2D eigenvalue weighted by Crippen LogP contribution is 1.99. The van der Waals surface area contributed by atoms with Crippen LogP contribution in [0.4, 0.5) is 0 Å². The third-order valence-electron chi connectivity index (χ3n) is 1.49. The molecule has 0 aromatic heterocycles. The molecule has 0 saturated heterocycles. The molecular weight excluding hydrogens is 156 g/mol. The molecule has 0 spiro atoms. The molecule has 0 rings (SSSR count). The molecule has 0 aliphatic rings. The Labute approximate surface area is 72.2 Å². The first-order valence-electron chi connectivity index (χ1n) is 4.01. The molecule has 0 fully saturated rings. The highest BCUT2D eigenvalue weighted by Gasteiger charge is 2.10. The van der Waals surface area contributed by atoms with Crippen molar-refractivity contribution in [3.05, 3.63) is 0 Å². The van der Waals surface area contributed by atoms with Crippen LogP contribution in [0.3, 0.4) is 0 Å². The standard InChI is InChI=1S/C7H16N4O/c1-10-11-7(12)6(9)4-2-3-5-8/h6H,2-5,8-9H2,1H3/t6-/m0/s1. The number of carbonyl (C=O) groups is 1. The van der Waals surface area contributed by atoms with Crippen molar-refractivity contribution in [2.45, 2.75) is 25.3 Å². The molecule has 0 radical (unpaired) electrons. The second kappa shape index (κ2) is 6.87. The van der Waals surface area contributed by atoms with E-state index in [1.54, 1.807) is 0 Å². The van der Waals surface area contributed by atoms with Gasteiger partial charge in [-0.3, -0.25) is 4.79 Å². The summed E-state index contributed by atoms with van der Waals surface area (Å²) in [7, 11) is 1.45. The molecule has 0 bridgehead atoms. The number of nitrogens with two attached hydrogens (primary N) is 2. The lowest BCUT2D eigenvalue weighted by atomic mass is 10.1. The van der Waals surface area contributed by atoms with Crippen LogP contribution in [0.2, 0.25) is 0 Å². The molecule has 5 heteroatoms. The van der Waals surface area contributed by atoms with Gasteiger partial charge in [0, 0.05) is 7.05 Å². The van der Waals surface area contributed by atoms with Crippen molar-refractivity contribution in [3.8, 4) is 0 Å². The van der Waals surface area contributed by atoms with E-state index in [9.17, 15) is 4.79 Å². The van der Waals surface area contributed by atoms with E-state index in [0.29, 0.717) is 13.0 Å². The third kappa shape index (κ3) is 4.92. The minimum atomic E-state index is -0.514. The van der Waals surface area contributed by atoms with Gasteiger partial charge in [0.25, 0.3) is 5.91 Å². The summed E-state index contributed by atoms with van der Waals surface area (Å²) in [6.45, 7) is 0.635. The lowest BCUT2D eigenvalue weighted by Gasteiger charge is -2.04. The Morgan fingerprint density at radius 2 is 2.17 bits per heavy atom. The van der Waals surface area contributed by atoms with Crippen LogP contribution in [-0.4, -0.2) is 25.5 Å². The molecule has 0 unspecified atom stereocenters. The van der Waals surface area contributed by atoms with Crippen LogP contribution in [0, 0.1) is 0 Å². The summed E-state index contributed by atoms with van der Waals surface area (Å²) in [6, 6.07) is -0.514. The van der Waals surface area contributed by atoms with Crippen molar-refractivity contribution in [2.24, 2.45) is 21.7 Å². The summed E-state index contributed by atoms with van der Waals surface area (Å²) in [5.41, 5.74) is 10.8. The van der Waals surface area contributed by atoms with Crippen LogP contribution < -0.4 is 11.5 Å². The molecular formula is C7H16N4O. The molecule has 4 N–H and O–H groups in total. The van der Waals surface area contributed by atoms with E-state index in [1.807, 2.05) is 0 Å². The van der Waals surface area contributed by atoms with Crippen molar-refractivity contribution in [3.63, 3.8) is 0 Å². The summed E-state index contributed by atoms with van der Waals surface area (Å²) < 4.78 is 0. The first-order chi connectivity index (χ1) is 5.72. The van der Waals surface area contributed by atoms with Gasteiger partial charge in [-0.25, -0.2) is 0 Å². The summed E-state index contributed by atoms with van der Waals surface area (Å²) in [6.07, 6.45) is 2.39. The predicted molar refractivity (Wildman–Crippen MR) is 46.7 cm³/mol. The zero-order chi connectivity index (χ0) is 9.40. The minimum absolute atomic E-state index is 0.352. The van der Waals surface area contributed by atoms with Crippen molar-refractivity contribution >= 4 is 5.91 Å². The number of rotatable bonds is 5. The molecule has 70 valence electrons. The fourth-order valence-electron chi connectivity index (χ4n) is 0.805. The predicted octanol–water partition coefficient (Wildman–Crippen LogP) is 0.0513. The van der Waals surface area contributed by atoms with Crippen LogP contribution in [-0.2, 0) is 4.79 Å². The van der Waals surface area contributed by atoms with Crippen molar-refractivity contribution < 1.29 is 4.79 Å². The monoisotopic (exact) mass is 172 g/mol. The fraction of sp³-hybridized carbons (Fsp3) is 0.857. The SMILES string of the molecule is CN=NC(=O)[C@@H](N)CCCCN. The van der Waals surface area contributed by atoms with E-state index in [-0.39, 0.29) is 5.91 Å². The Balaban J connectivity index is 3.56. The Morgan fingerprint density at radius 1 is 1.50 bits per heavy atom. The lowest BCUT2D eigenvalue weighted by Crippen LogP contribution is -2.28. The third-order valence-corrected chi connectivity index (χ3v) is 1.49. The van der Waals surface area contributed by atoms with Crippen molar-refractivity contribution in [2.75, 3.05) is 13.6 Å². The lowest BCUT2D eigenvalue weighted by molar-refractivity contribution is -0.119. The highest BCUT2D eigenvalue weighted by atomic mass is 16.2. The smallest absolute Gasteiger partial charge is 0.280 e. The van der Waals surface area contributed by atoms with Gasteiger partial charge in [0.15, 0.2) is 0 Å². The Morgan fingerprint density at radius 3 is 2.67 bits per heavy atom. The molecule has 5 nitrogen and oxygen atoms in total. The Hall–Kier alpha value is -0.810. The molecule has 0 aromatic carbocycles. The van der Waals surface area contributed by atoms with E-state index in [0.717, 1.165) is 12.8 Å². The maximum Gasteiger partial charge on any atom is 0.280 e. The Kier molecular flexibility index (Phi) is 6.41. The topological polar surface area (TPSA) is 93.8 Å². The molecule has 0 saturated carbocycles. The number of amides is 1. The highest BCUT2D eigenvalue weighted by molar-refractivity contribution is 5.81. The van der Waals surface area contributed by atoms with Gasteiger partial charge in [-0.15, -0.1) is 5.11 Å². The van der Waals surface area contributed by atoms with Gasteiger partial charge in [0.05, 0.1) is 6.04 Å². The van der Waals surface area contributed by atoms with Crippen LogP contribution in [0.1, 0.15) is 19.3 Å². The summed E-state index contributed by atoms with van der Waals surface area (Å²) in [5, 5.41) is 6.69. The largest absolute Gasteiger partial charge is 0.330 e. The normalized spacial score (nSPS) is 13.6. The van der Waals surface area contributed by atoms with Gasteiger partial charge >= 0.3 is 0 Å². The molecule has 0 aliphatic heterocycles. The molecule has 12 heavy (non-hydrogen) atoms. The first-order valence-corrected chi connectivity index (χ1v) is 4.01. The second-order valence-electron chi connectivity index (χ2n) is 2.53. The maximum atomic E-state index is 10.9. The van der Waals surface area contributed by atoms with E-state index in [4.69, 9.17) is 11.5 Å². The van der Waals surface area contributed by atoms with E-state index in [1.165, 1.54) is 7.05 Å². The first kappa shape index (κ1) is 11.2. The minimum Gasteiger partial charge on any atom is -0.330 e. The molecule has 1 atom stereocenters. The van der Waals surface area contributed by atoms with Gasteiger partial charge in [-0.1, -0.05) is 6.42 Å². The van der Waals surface area contributed by atoms with Gasteiger partial charge in [-0.2, -0.15) is 5.11 Å². The van der Waals surface area contributed by atoms with Gasteiger partial charge in [0.1, 0.15) is 0 Å². The van der Waals surface area contributed by atoms with Gasteiger partial charge in [0.2, 0.25) is 0 Å². The average molecular weight is 172 g/mol. The number of azo groups is 1. The average Bonchev–Trinajstić information content (AvgIpc) is 2.05. The molecule has 0 heterocycles. The Bertz CT molecular complexity index is 157. The number of carbonyl (C=O) groups excluding carboxylic acids is 1.